The van der Waals surface area contributed by atoms with E-state index in [0.717, 1.165) is 25.3 Å². The summed E-state index contributed by atoms with van der Waals surface area (Å²) in [6.07, 6.45) is 5.09. The van der Waals surface area contributed by atoms with Crippen molar-refractivity contribution in [3.05, 3.63) is 35.9 Å². The maximum atomic E-state index is 12.6. The summed E-state index contributed by atoms with van der Waals surface area (Å²) >= 11 is 0. The van der Waals surface area contributed by atoms with Gasteiger partial charge in [0.05, 0.1) is 17.5 Å². The molecule has 1 saturated carbocycles. The van der Waals surface area contributed by atoms with Crippen LogP contribution < -0.4 is 4.90 Å². The summed E-state index contributed by atoms with van der Waals surface area (Å²) in [6.45, 7) is 2.13. The molecule has 5 nitrogen and oxygen atoms in total. The number of hydrogen-bond donors (Lipinski definition) is 1. The molecule has 1 aromatic rings. The van der Waals surface area contributed by atoms with Crippen molar-refractivity contribution >= 4 is 29.5 Å². The molecule has 5 heteroatoms. The molecule has 1 heterocycles. The fourth-order valence-corrected chi connectivity index (χ4v) is 3.55. The Morgan fingerprint density at radius 1 is 1.13 bits per heavy atom. The van der Waals surface area contributed by atoms with Crippen LogP contribution in [-0.2, 0) is 14.4 Å². The molecule has 1 aromatic carbocycles. The molecule has 1 aliphatic carbocycles. The van der Waals surface area contributed by atoms with Crippen LogP contribution in [0.4, 0.5) is 5.69 Å². The zero-order chi connectivity index (χ0) is 16.6. The maximum absolute atomic E-state index is 12.6. The number of rotatable bonds is 3. The van der Waals surface area contributed by atoms with Crippen LogP contribution in [0, 0.1) is 17.8 Å². The minimum atomic E-state index is -1.02. The van der Waals surface area contributed by atoms with Crippen molar-refractivity contribution in [2.75, 3.05) is 4.90 Å². The molecule has 0 spiro atoms. The molecule has 0 bridgehead atoms. The first kappa shape index (κ1) is 15.5. The zero-order valence-electron chi connectivity index (χ0n) is 12.9. The Labute approximate surface area is 134 Å². The Morgan fingerprint density at radius 3 is 2.43 bits per heavy atom. The van der Waals surface area contributed by atoms with Crippen LogP contribution in [0.1, 0.15) is 31.7 Å². The van der Waals surface area contributed by atoms with E-state index in [-0.39, 0.29) is 23.7 Å². The van der Waals surface area contributed by atoms with Gasteiger partial charge in [-0.1, -0.05) is 19.1 Å². The van der Waals surface area contributed by atoms with Gasteiger partial charge in [-0.25, -0.2) is 4.79 Å². The van der Waals surface area contributed by atoms with E-state index in [1.54, 1.807) is 24.3 Å². The summed E-state index contributed by atoms with van der Waals surface area (Å²) < 4.78 is 0. The molecule has 2 aliphatic rings. The van der Waals surface area contributed by atoms with Gasteiger partial charge in [-0.15, -0.1) is 0 Å². The van der Waals surface area contributed by atoms with Crippen molar-refractivity contribution in [1.29, 1.82) is 0 Å². The molecule has 1 aliphatic heterocycles. The second-order valence-electron chi connectivity index (χ2n) is 6.41. The predicted molar refractivity (Wildman–Crippen MR) is 85.6 cm³/mol. The Balaban J connectivity index is 1.82. The summed E-state index contributed by atoms with van der Waals surface area (Å²) in [4.78, 5) is 37.0. The first-order valence-corrected chi connectivity index (χ1v) is 7.86. The molecule has 3 unspecified atom stereocenters. The van der Waals surface area contributed by atoms with Gasteiger partial charge >= 0.3 is 5.97 Å². The molecule has 3 rings (SSSR count). The number of amides is 2. The molecule has 1 saturated heterocycles. The quantitative estimate of drug-likeness (QED) is 0.688. The molecule has 23 heavy (non-hydrogen) atoms. The highest BCUT2D eigenvalue weighted by molar-refractivity contribution is 6.22. The van der Waals surface area contributed by atoms with Gasteiger partial charge < -0.3 is 5.11 Å². The lowest BCUT2D eigenvalue weighted by molar-refractivity contribution is -0.131. The van der Waals surface area contributed by atoms with E-state index in [2.05, 4.69) is 6.92 Å². The number of imide groups is 1. The van der Waals surface area contributed by atoms with Gasteiger partial charge in [0.1, 0.15) is 0 Å². The van der Waals surface area contributed by atoms with Crippen molar-refractivity contribution < 1.29 is 19.5 Å². The number of fused-ring (bicyclic) bond motifs is 1. The molecule has 0 radical (unpaired) electrons. The number of carboxylic acid groups (broad SMARTS) is 1. The number of carbonyl (C=O) groups is 3. The van der Waals surface area contributed by atoms with Crippen molar-refractivity contribution in [3.63, 3.8) is 0 Å². The third-order valence-electron chi connectivity index (χ3n) is 4.76. The number of aliphatic carboxylic acids is 1. The van der Waals surface area contributed by atoms with Crippen LogP contribution in [-0.4, -0.2) is 22.9 Å². The monoisotopic (exact) mass is 313 g/mol. The highest BCUT2D eigenvalue weighted by atomic mass is 16.4. The number of nitrogens with zero attached hydrogens (tertiary/aromatic N) is 1. The van der Waals surface area contributed by atoms with E-state index >= 15 is 0 Å². The second-order valence-corrected chi connectivity index (χ2v) is 6.41. The minimum absolute atomic E-state index is 0.0965. The average molecular weight is 313 g/mol. The molecule has 2 fully saturated rings. The lowest BCUT2D eigenvalue weighted by Crippen LogP contribution is -2.30. The van der Waals surface area contributed by atoms with Crippen LogP contribution in [0.15, 0.2) is 30.3 Å². The van der Waals surface area contributed by atoms with Gasteiger partial charge in [0, 0.05) is 6.08 Å². The molecule has 1 N–H and O–H groups in total. The van der Waals surface area contributed by atoms with Crippen molar-refractivity contribution in [3.8, 4) is 0 Å². The largest absolute Gasteiger partial charge is 0.478 e. The van der Waals surface area contributed by atoms with Crippen LogP contribution in [0.2, 0.25) is 0 Å². The van der Waals surface area contributed by atoms with Gasteiger partial charge in [-0.2, -0.15) is 0 Å². The fourth-order valence-electron chi connectivity index (χ4n) is 3.55. The summed E-state index contributed by atoms with van der Waals surface area (Å²) in [5, 5.41) is 8.63. The maximum Gasteiger partial charge on any atom is 0.328 e. The van der Waals surface area contributed by atoms with E-state index < -0.39 is 5.97 Å². The molecule has 2 amide bonds. The SMILES string of the molecule is CC1CCC2C(=O)N(c3ccc(C=CC(=O)O)cc3)C(=O)C2C1. The van der Waals surface area contributed by atoms with Gasteiger partial charge in [0.15, 0.2) is 0 Å². The van der Waals surface area contributed by atoms with Crippen LogP contribution >= 0.6 is 0 Å². The molecule has 0 aromatic heterocycles. The number of carboxylic acids is 1. The van der Waals surface area contributed by atoms with E-state index in [0.29, 0.717) is 17.2 Å². The molecule has 3 atom stereocenters. The van der Waals surface area contributed by atoms with E-state index in [1.165, 1.54) is 11.0 Å². The number of benzene rings is 1. The number of anilines is 1. The van der Waals surface area contributed by atoms with Crippen molar-refractivity contribution in [2.24, 2.45) is 17.8 Å². The highest BCUT2D eigenvalue weighted by Crippen LogP contribution is 2.42. The molecular weight excluding hydrogens is 294 g/mol. The smallest absolute Gasteiger partial charge is 0.328 e. The minimum Gasteiger partial charge on any atom is -0.478 e. The highest BCUT2D eigenvalue weighted by Gasteiger charge is 2.49. The van der Waals surface area contributed by atoms with E-state index in [4.69, 9.17) is 5.11 Å². The van der Waals surface area contributed by atoms with Crippen LogP contribution in [0.5, 0.6) is 0 Å². The first-order valence-electron chi connectivity index (χ1n) is 7.86. The van der Waals surface area contributed by atoms with E-state index in [9.17, 15) is 14.4 Å². The summed E-state index contributed by atoms with van der Waals surface area (Å²) in [6, 6.07) is 6.80. The standard InChI is InChI=1S/C18H19NO4/c1-11-2-8-14-15(10-11)18(23)19(17(14)22)13-6-3-12(4-7-13)5-9-16(20)21/h3-7,9,11,14-15H,2,8,10H2,1H3,(H,20,21). The second kappa shape index (κ2) is 5.99. The predicted octanol–water partition coefficient (Wildman–Crippen LogP) is 2.71. The number of carbonyl (C=O) groups excluding carboxylic acids is 2. The van der Waals surface area contributed by atoms with Crippen LogP contribution in [0.3, 0.4) is 0 Å². The number of hydrogen-bond acceptors (Lipinski definition) is 3. The molecule has 120 valence electrons. The summed E-state index contributed by atoms with van der Waals surface area (Å²) in [5.74, 6) is -1.09. The van der Waals surface area contributed by atoms with E-state index in [1.807, 2.05) is 0 Å². The average Bonchev–Trinajstić information content (AvgIpc) is 2.77. The van der Waals surface area contributed by atoms with Gasteiger partial charge in [0.25, 0.3) is 0 Å². The third kappa shape index (κ3) is 2.91. The normalized spacial score (nSPS) is 27.5. The van der Waals surface area contributed by atoms with Gasteiger partial charge in [0.2, 0.25) is 11.8 Å². The molecular formula is C18H19NO4. The Morgan fingerprint density at radius 2 is 1.78 bits per heavy atom. The Bertz CT molecular complexity index is 677. The lowest BCUT2D eigenvalue weighted by atomic mass is 9.76. The fraction of sp³-hybridized carbons (Fsp3) is 0.389. The van der Waals surface area contributed by atoms with Crippen molar-refractivity contribution in [2.45, 2.75) is 26.2 Å². The Kier molecular flexibility index (Phi) is 4.03. The summed E-state index contributed by atoms with van der Waals surface area (Å²) in [7, 11) is 0. The first-order chi connectivity index (χ1) is 11.0. The third-order valence-corrected chi connectivity index (χ3v) is 4.76. The lowest BCUT2D eigenvalue weighted by Gasteiger charge is -2.25. The summed E-state index contributed by atoms with van der Waals surface area (Å²) in [5.41, 5.74) is 1.27. The topological polar surface area (TPSA) is 74.7 Å². The Hall–Kier alpha value is -2.43. The van der Waals surface area contributed by atoms with Crippen LogP contribution in [0.25, 0.3) is 6.08 Å². The van der Waals surface area contributed by atoms with Gasteiger partial charge in [-0.05, 0) is 49.0 Å². The van der Waals surface area contributed by atoms with Crippen molar-refractivity contribution in [1.82, 2.24) is 0 Å². The van der Waals surface area contributed by atoms with Gasteiger partial charge in [-0.3, -0.25) is 14.5 Å². The zero-order valence-corrected chi connectivity index (χ0v) is 12.9.